The van der Waals surface area contributed by atoms with Crippen LogP contribution in [0.5, 0.6) is 5.75 Å². The number of hydrogen-bond acceptors (Lipinski definition) is 5. The van der Waals surface area contributed by atoms with Crippen LogP contribution < -0.4 is 10.6 Å². The Kier molecular flexibility index (Phi) is 4.77. The third-order valence-electron chi connectivity index (χ3n) is 3.96. The molecule has 0 saturated carbocycles. The summed E-state index contributed by atoms with van der Waals surface area (Å²) in [6.45, 7) is 1.36. The van der Waals surface area contributed by atoms with Crippen LogP contribution in [0.15, 0.2) is 30.5 Å². The maximum atomic E-state index is 13.3. The van der Waals surface area contributed by atoms with E-state index in [1.807, 2.05) is 0 Å². The second-order valence-electron chi connectivity index (χ2n) is 5.71. The first-order valence-corrected chi connectivity index (χ1v) is 7.65. The van der Waals surface area contributed by atoms with E-state index in [-0.39, 0.29) is 23.6 Å². The van der Waals surface area contributed by atoms with Crippen molar-refractivity contribution in [3.8, 4) is 11.4 Å². The number of amides is 1. The predicted octanol–water partition coefficient (Wildman–Crippen LogP) is 0.824. The van der Waals surface area contributed by atoms with Crippen LogP contribution in [0, 0.1) is 5.82 Å². The molecule has 3 rings (SSSR count). The summed E-state index contributed by atoms with van der Waals surface area (Å²) in [4.78, 5) is 12.4. The van der Waals surface area contributed by atoms with Crippen LogP contribution in [-0.2, 0) is 4.74 Å². The van der Waals surface area contributed by atoms with Crippen LogP contribution in [-0.4, -0.2) is 53.1 Å². The minimum absolute atomic E-state index is 0.0301. The molecule has 1 aliphatic heterocycles. The fourth-order valence-electron chi connectivity index (χ4n) is 2.72. The van der Waals surface area contributed by atoms with Crippen molar-refractivity contribution in [3.63, 3.8) is 0 Å². The van der Waals surface area contributed by atoms with Gasteiger partial charge in [-0.1, -0.05) is 6.07 Å². The molecule has 7 nitrogen and oxygen atoms in total. The third kappa shape index (κ3) is 3.55. The summed E-state index contributed by atoms with van der Waals surface area (Å²) in [5.41, 5.74) is 0.321. The first-order valence-electron chi connectivity index (χ1n) is 7.65. The van der Waals surface area contributed by atoms with E-state index in [1.54, 1.807) is 13.2 Å². The second kappa shape index (κ2) is 6.98. The number of carbonyl (C=O) groups excluding carboxylic acids is 1. The van der Waals surface area contributed by atoms with E-state index >= 15 is 0 Å². The van der Waals surface area contributed by atoms with Crippen molar-refractivity contribution in [1.29, 1.82) is 0 Å². The number of nitrogens with zero attached hydrogens (tertiary/aromatic N) is 2. The summed E-state index contributed by atoms with van der Waals surface area (Å²) in [5.74, 6) is -1.16. The molecule has 128 valence electrons. The van der Waals surface area contributed by atoms with Crippen molar-refractivity contribution in [3.05, 3.63) is 42.0 Å². The Balaban J connectivity index is 1.74. The number of hydrogen-bond donors (Lipinski definition) is 3. The van der Waals surface area contributed by atoms with Gasteiger partial charge in [-0.05, 0) is 24.6 Å². The Labute approximate surface area is 138 Å². The lowest BCUT2D eigenvalue weighted by molar-refractivity contribution is 0.0649. The van der Waals surface area contributed by atoms with Gasteiger partial charge in [0.2, 0.25) is 0 Å². The molecule has 8 heteroatoms. The Morgan fingerprint density at radius 2 is 2.33 bits per heavy atom. The van der Waals surface area contributed by atoms with Gasteiger partial charge in [0.25, 0.3) is 5.91 Å². The highest BCUT2D eigenvalue weighted by atomic mass is 19.1. The minimum Gasteiger partial charge on any atom is -0.504 e. The molecule has 1 saturated heterocycles. The highest BCUT2D eigenvalue weighted by Crippen LogP contribution is 2.19. The maximum Gasteiger partial charge on any atom is 0.275 e. The highest BCUT2D eigenvalue weighted by molar-refractivity contribution is 5.95. The number of piperidine rings is 1. The summed E-state index contributed by atoms with van der Waals surface area (Å²) in [7, 11) is 1.63. The molecule has 0 radical (unpaired) electrons. The van der Waals surface area contributed by atoms with Crippen molar-refractivity contribution in [2.45, 2.75) is 18.6 Å². The predicted molar refractivity (Wildman–Crippen MR) is 84.7 cm³/mol. The number of methoxy groups -OCH3 is 1. The third-order valence-corrected chi connectivity index (χ3v) is 3.96. The SMILES string of the molecule is CO[C@@H]1CNC[C@@H](NC(=O)c2nn(-c3cccc(F)c3)cc2O)C1. The smallest absolute Gasteiger partial charge is 0.275 e. The molecule has 2 aromatic rings. The molecular weight excluding hydrogens is 315 g/mol. The summed E-state index contributed by atoms with van der Waals surface area (Å²) in [6.07, 6.45) is 1.99. The van der Waals surface area contributed by atoms with Crippen LogP contribution in [0.1, 0.15) is 16.9 Å². The second-order valence-corrected chi connectivity index (χ2v) is 5.71. The molecule has 2 atom stereocenters. The molecule has 1 aromatic heterocycles. The van der Waals surface area contributed by atoms with Crippen molar-refractivity contribution in [2.24, 2.45) is 0 Å². The molecular formula is C16H19FN4O3. The summed E-state index contributed by atoms with van der Waals surface area (Å²) < 4.78 is 19.9. The average Bonchev–Trinajstić information content (AvgIpc) is 2.97. The number of benzene rings is 1. The van der Waals surface area contributed by atoms with Gasteiger partial charge in [-0.25, -0.2) is 9.07 Å². The van der Waals surface area contributed by atoms with Crippen molar-refractivity contribution in [1.82, 2.24) is 20.4 Å². The molecule has 0 unspecified atom stereocenters. The lowest BCUT2D eigenvalue weighted by Crippen LogP contribution is -2.51. The topological polar surface area (TPSA) is 88.4 Å². The highest BCUT2D eigenvalue weighted by Gasteiger charge is 2.25. The normalized spacial score (nSPS) is 20.8. The molecule has 3 N–H and O–H groups in total. The van der Waals surface area contributed by atoms with Crippen molar-refractivity contribution >= 4 is 5.91 Å². The summed E-state index contributed by atoms with van der Waals surface area (Å²) in [6, 6.07) is 5.62. The lowest BCUT2D eigenvalue weighted by Gasteiger charge is -2.29. The number of aromatic nitrogens is 2. The number of halogens is 1. The van der Waals surface area contributed by atoms with E-state index in [9.17, 15) is 14.3 Å². The van der Waals surface area contributed by atoms with Gasteiger partial charge < -0.3 is 20.5 Å². The molecule has 1 amide bonds. The number of carbonyl (C=O) groups is 1. The lowest BCUT2D eigenvalue weighted by atomic mass is 10.0. The van der Waals surface area contributed by atoms with Crippen LogP contribution in [0.4, 0.5) is 4.39 Å². The van der Waals surface area contributed by atoms with Crippen LogP contribution >= 0.6 is 0 Å². The average molecular weight is 334 g/mol. The van der Waals surface area contributed by atoms with Gasteiger partial charge >= 0.3 is 0 Å². The van der Waals surface area contributed by atoms with Gasteiger partial charge in [0.05, 0.1) is 18.0 Å². The number of rotatable bonds is 4. The number of nitrogens with one attached hydrogen (secondary N) is 2. The first-order chi connectivity index (χ1) is 11.6. The number of ether oxygens (including phenoxy) is 1. The zero-order valence-electron chi connectivity index (χ0n) is 13.2. The van der Waals surface area contributed by atoms with E-state index in [0.29, 0.717) is 18.7 Å². The number of aromatic hydroxyl groups is 1. The van der Waals surface area contributed by atoms with Crippen LogP contribution in [0.25, 0.3) is 5.69 Å². The van der Waals surface area contributed by atoms with Crippen molar-refractivity contribution < 1.29 is 19.0 Å². The molecule has 2 heterocycles. The summed E-state index contributed by atoms with van der Waals surface area (Å²) in [5, 5.41) is 20.0. The van der Waals surface area contributed by atoms with E-state index in [1.165, 1.54) is 29.1 Å². The van der Waals surface area contributed by atoms with Crippen molar-refractivity contribution in [2.75, 3.05) is 20.2 Å². The molecule has 0 spiro atoms. The Morgan fingerprint density at radius 3 is 3.08 bits per heavy atom. The zero-order valence-corrected chi connectivity index (χ0v) is 13.2. The minimum atomic E-state index is -0.480. The zero-order chi connectivity index (χ0) is 17.1. The molecule has 0 bridgehead atoms. The largest absolute Gasteiger partial charge is 0.504 e. The Hall–Kier alpha value is -2.45. The van der Waals surface area contributed by atoms with Gasteiger partial charge in [-0.2, -0.15) is 5.10 Å². The molecule has 1 aliphatic rings. The Bertz CT molecular complexity index is 734. The standard InChI is InChI=1S/C16H19FN4O3/c1-24-13-6-11(7-18-8-13)19-16(23)15-14(22)9-21(20-15)12-4-2-3-10(17)5-12/h2-5,9,11,13,18,22H,6-8H2,1H3,(H,19,23)/t11-,13-/m0/s1. The fourth-order valence-corrected chi connectivity index (χ4v) is 2.72. The van der Waals surface area contributed by atoms with E-state index in [2.05, 4.69) is 15.7 Å². The monoisotopic (exact) mass is 334 g/mol. The van der Waals surface area contributed by atoms with Gasteiger partial charge in [0.15, 0.2) is 11.4 Å². The van der Waals surface area contributed by atoms with Crippen LogP contribution in [0.3, 0.4) is 0 Å². The van der Waals surface area contributed by atoms with Gasteiger partial charge in [-0.3, -0.25) is 4.79 Å². The van der Waals surface area contributed by atoms with Crippen LogP contribution in [0.2, 0.25) is 0 Å². The van der Waals surface area contributed by atoms with E-state index < -0.39 is 11.7 Å². The van der Waals surface area contributed by atoms with Gasteiger partial charge in [0.1, 0.15) is 5.82 Å². The molecule has 24 heavy (non-hydrogen) atoms. The molecule has 1 aromatic carbocycles. The first kappa shape index (κ1) is 16.4. The van der Waals surface area contributed by atoms with E-state index in [4.69, 9.17) is 4.74 Å². The maximum absolute atomic E-state index is 13.3. The Morgan fingerprint density at radius 1 is 1.50 bits per heavy atom. The molecule has 0 aliphatic carbocycles. The fraction of sp³-hybridized carbons (Fsp3) is 0.375. The van der Waals surface area contributed by atoms with E-state index in [0.717, 1.165) is 6.54 Å². The summed E-state index contributed by atoms with van der Waals surface area (Å²) >= 11 is 0. The van der Waals surface area contributed by atoms with Gasteiger partial charge in [-0.15, -0.1) is 0 Å². The van der Waals surface area contributed by atoms with Gasteiger partial charge in [0, 0.05) is 26.2 Å². The quantitative estimate of drug-likeness (QED) is 0.771. The molecule has 1 fully saturated rings.